The van der Waals surface area contributed by atoms with Crippen molar-refractivity contribution in [2.45, 2.75) is 0 Å². The average molecular weight is 300 g/mol. The largest absolute Gasteiger partial charge is 0.496 e. The van der Waals surface area contributed by atoms with E-state index in [1.54, 1.807) is 12.5 Å². The van der Waals surface area contributed by atoms with Crippen LogP contribution in [-0.4, -0.2) is 17.1 Å². The maximum atomic E-state index is 6.48. The zero-order chi connectivity index (χ0) is 14.1. The highest BCUT2D eigenvalue weighted by Crippen LogP contribution is 2.38. The molecule has 0 aliphatic heterocycles. The summed E-state index contributed by atoms with van der Waals surface area (Å²) in [6.07, 6.45) is 8.26. The number of aromatic nitrogens is 2. The number of fused-ring (bicyclic) bond motifs is 1. The zero-order valence-electron chi connectivity index (χ0n) is 10.5. The molecule has 20 heavy (non-hydrogen) atoms. The third-order valence-electron chi connectivity index (χ3n) is 2.82. The molecule has 0 amide bonds. The Bertz CT molecular complexity index is 835. The van der Waals surface area contributed by atoms with Gasteiger partial charge in [0.25, 0.3) is 0 Å². The van der Waals surface area contributed by atoms with Crippen LogP contribution in [0.4, 0.5) is 0 Å². The Morgan fingerprint density at radius 3 is 3.00 bits per heavy atom. The highest BCUT2D eigenvalue weighted by atomic mass is 35.5. The van der Waals surface area contributed by atoms with Gasteiger partial charge in [0, 0.05) is 5.38 Å². The number of hydrogen-bond acceptors (Lipinski definition) is 4. The van der Waals surface area contributed by atoms with Crippen molar-refractivity contribution >= 4 is 33.8 Å². The summed E-state index contributed by atoms with van der Waals surface area (Å²) >= 11 is 7.89. The first-order valence-corrected chi connectivity index (χ1v) is 6.96. The van der Waals surface area contributed by atoms with Gasteiger partial charge in [-0.25, -0.2) is 9.97 Å². The quantitative estimate of drug-likeness (QED) is 0.675. The lowest BCUT2D eigenvalue weighted by molar-refractivity contribution is 0.420. The van der Waals surface area contributed by atoms with Crippen molar-refractivity contribution in [3.05, 3.63) is 40.5 Å². The van der Waals surface area contributed by atoms with Crippen molar-refractivity contribution in [2.24, 2.45) is 0 Å². The number of nitrogens with zero attached hydrogens (tertiary/aromatic N) is 2. The Morgan fingerprint density at radius 1 is 1.45 bits per heavy atom. The van der Waals surface area contributed by atoms with Crippen molar-refractivity contribution < 1.29 is 4.74 Å². The monoisotopic (exact) mass is 299 g/mol. The van der Waals surface area contributed by atoms with Gasteiger partial charge < -0.3 is 4.74 Å². The molecule has 3 rings (SSSR count). The van der Waals surface area contributed by atoms with Gasteiger partial charge in [-0.1, -0.05) is 17.7 Å². The number of methoxy groups -OCH3 is 1. The van der Waals surface area contributed by atoms with Crippen LogP contribution in [0.5, 0.6) is 5.75 Å². The van der Waals surface area contributed by atoms with Crippen LogP contribution in [0.3, 0.4) is 0 Å². The minimum atomic E-state index is 0.519. The lowest BCUT2D eigenvalue weighted by Crippen LogP contribution is -1.90. The van der Waals surface area contributed by atoms with Crippen molar-refractivity contribution in [2.75, 3.05) is 7.11 Å². The van der Waals surface area contributed by atoms with Gasteiger partial charge in [-0.05, 0) is 18.1 Å². The van der Waals surface area contributed by atoms with Gasteiger partial charge in [-0.15, -0.1) is 17.8 Å². The van der Waals surface area contributed by atoms with E-state index in [2.05, 4.69) is 22.1 Å². The summed E-state index contributed by atoms with van der Waals surface area (Å²) in [5.74, 6) is 3.16. The number of ether oxygens (including phenoxy) is 1. The Hall–Kier alpha value is -2.09. The smallest absolute Gasteiger partial charge is 0.129 e. The molecule has 2 heterocycles. The van der Waals surface area contributed by atoms with Crippen LogP contribution in [0.1, 0.15) is 5.69 Å². The van der Waals surface area contributed by atoms with Crippen molar-refractivity contribution in [3.8, 4) is 28.7 Å². The molecule has 0 bridgehead atoms. The van der Waals surface area contributed by atoms with E-state index in [9.17, 15) is 0 Å². The number of rotatable bonds is 2. The van der Waals surface area contributed by atoms with Crippen LogP contribution in [0.2, 0.25) is 5.02 Å². The predicted molar refractivity (Wildman–Crippen MR) is 81.2 cm³/mol. The van der Waals surface area contributed by atoms with Gasteiger partial charge in [-0.2, -0.15) is 0 Å². The number of hydrogen-bond donors (Lipinski definition) is 0. The third-order valence-corrected chi connectivity index (χ3v) is 4.05. The highest BCUT2D eigenvalue weighted by Gasteiger charge is 2.15. The van der Waals surface area contributed by atoms with Crippen LogP contribution in [0.15, 0.2) is 23.6 Å². The summed E-state index contributed by atoms with van der Waals surface area (Å²) in [5, 5.41) is 3.77. The molecule has 0 aliphatic carbocycles. The fourth-order valence-corrected chi connectivity index (χ4v) is 3.03. The molecule has 1 aromatic carbocycles. The zero-order valence-corrected chi connectivity index (χ0v) is 12.0. The van der Waals surface area contributed by atoms with Crippen LogP contribution in [0.25, 0.3) is 21.5 Å². The van der Waals surface area contributed by atoms with Crippen molar-refractivity contribution in [1.82, 2.24) is 9.97 Å². The van der Waals surface area contributed by atoms with Crippen molar-refractivity contribution in [3.63, 3.8) is 0 Å². The summed E-state index contributed by atoms with van der Waals surface area (Å²) in [4.78, 5) is 8.60. The van der Waals surface area contributed by atoms with E-state index in [0.717, 1.165) is 10.9 Å². The van der Waals surface area contributed by atoms with Gasteiger partial charge in [0.1, 0.15) is 22.6 Å². The molecule has 3 nitrogen and oxygen atoms in total. The first-order valence-electron chi connectivity index (χ1n) is 5.71. The lowest BCUT2D eigenvalue weighted by Gasteiger charge is -2.08. The normalized spacial score (nSPS) is 10.4. The van der Waals surface area contributed by atoms with E-state index in [1.165, 1.54) is 11.3 Å². The highest BCUT2D eigenvalue weighted by molar-refractivity contribution is 7.13. The van der Waals surface area contributed by atoms with Gasteiger partial charge in [0.15, 0.2) is 0 Å². The second kappa shape index (κ2) is 5.12. The molecule has 97 valence electrons. The number of pyridine rings is 1. The average Bonchev–Trinajstić information content (AvgIpc) is 2.95. The fraction of sp³-hybridized carbons (Fsp3) is 0.0667. The molecule has 0 spiro atoms. The molecule has 0 atom stereocenters. The van der Waals surface area contributed by atoms with E-state index < -0.39 is 0 Å². The van der Waals surface area contributed by atoms with Gasteiger partial charge >= 0.3 is 0 Å². The second-order valence-electron chi connectivity index (χ2n) is 3.95. The molecule has 0 fully saturated rings. The van der Waals surface area contributed by atoms with E-state index in [0.29, 0.717) is 27.0 Å². The second-order valence-corrected chi connectivity index (χ2v) is 5.19. The predicted octanol–water partition coefficient (Wildman–Crippen LogP) is 3.80. The Kier molecular flexibility index (Phi) is 3.31. The van der Waals surface area contributed by atoms with Crippen LogP contribution in [-0.2, 0) is 0 Å². The molecule has 0 saturated heterocycles. The topological polar surface area (TPSA) is 35.0 Å². The minimum Gasteiger partial charge on any atom is -0.496 e. The van der Waals surface area contributed by atoms with Gasteiger partial charge in [0.2, 0.25) is 0 Å². The van der Waals surface area contributed by atoms with Crippen LogP contribution in [0, 0.1) is 18.5 Å². The summed E-state index contributed by atoms with van der Waals surface area (Å²) in [6.45, 7) is 0. The molecule has 5 heteroatoms. The molecule has 0 unspecified atom stereocenters. The first-order chi connectivity index (χ1) is 9.74. The SMILES string of the molecule is C#Cc1csc(-c2[c]nc3cccc(OC)c3c2Cl)n1. The Morgan fingerprint density at radius 2 is 2.30 bits per heavy atom. The van der Waals surface area contributed by atoms with E-state index in [-0.39, 0.29) is 0 Å². The summed E-state index contributed by atoms with van der Waals surface area (Å²) in [6, 6.07) is 5.56. The minimum absolute atomic E-state index is 0.519. The molecular weight excluding hydrogens is 292 g/mol. The molecule has 0 saturated carbocycles. The molecule has 1 radical (unpaired) electrons. The van der Waals surface area contributed by atoms with Crippen LogP contribution >= 0.6 is 22.9 Å². The molecule has 0 N–H and O–H groups in total. The van der Waals surface area contributed by atoms with Crippen molar-refractivity contribution in [1.29, 1.82) is 0 Å². The van der Waals surface area contributed by atoms with Gasteiger partial charge in [0.05, 0.1) is 28.6 Å². The number of benzene rings is 1. The summed E-state index contributed by atoms with van der Waals surface area (Å²) in [5.41, 5.74) is 1.94. The maximum Gasteiger partial charge on any atom is 0.129 e. The van der Waals surface area contributed by atoms with Gasteiger partial charge in [-0.3, -0.25) is 0 Å². The van der Waals surface area contributed by atoms with E-state index in [1.807, 2.05) is 18.2 Å². The Balaban J connectivity index is 2.28. The molecule has 2 aromatic heterocycles. The molecule has 0 aliphatic rings. The number of thiazole rings is 1. The summed E-state index contributed by atoms with van der Waals surface area (Å²) in [7, 11) is 1.60. The first kappa shape index (κ1) is 12.9. The fourth-order valence-electron chi connectivity index (χ4n) is 1.89. The van der Waals surface area contributed by atoms with E-state index >= 15 is 0 Å². The molecule has 3 aromatic rings. The van der Waals surface area contributed by atoms with E-state index in [4.69, 9.17) is 22.8 Å². The van der Waals surface area contributed by atoms with Crippen LogP contribution < -0.4 is 4.74 Å². The molecular formula is C15H8ClN2OS. The number of halogens is 1. The third kappa shape index (κ3) is 2.01. The Labute approximate surface area is 125 Å². The maximum absolute atomic E-state index is 6.48. The standard InChI is InChI=1S/C15H8ClN2OS/c1-3-9-8-20-15(18-9)10-7-17-11-5-4-6-12(19-2)13(11)14(10)16/h1,4-6,8H,2H3. The lowest BCUT2D eigenvalue weighted by atomic mass is 10.1. The number of terminal acetylenes is 1. The summed E-state index contributed by atoms with van der Waals surface area (Å²) < 4.78 is 5.34.